The van der Waals surface area contributed by atoms with E-state index < -0.39 is 16.9 Å². The lowest BCUT2D eigenvalue weighted by atomic mass is 9.78. The first-order valence-corrected chi connectivity index (χ1v) is 17.7. The second-order valence-corrected chi connectivity index (χ2v) is 15.1. The van der Waals surface area contributed by atoms with Crippen LogP contribution in [-0.4, -0.2) is 69.9 Å². The highest BCUT2D eigenvalue weighted by Gasteiger charge is 2.37. The molecule has 1 aliphatic carbocycles. The minimum Gasteiger partial charge on any atom is -0.508 e. The molecule has 1 unspecified atom stereocenters. The zero-order valence-electron chi connectivity index (χ0n) is 27.7. The van der Waals surface area contributed by atoms with Crippen LogP contribution in [-0.2, 0) is 11.8 Å². The fourth-order valence-electron chi connectivity index (χ4n) is 6.20. The largest absolute Gasteiger partial charge is 0.508 e. The molecule has 256 valence electrons. The van der Waals surface area contributed by atoms with Gasteiger partial charge in [-0.25, -0.2) is 0 Å². The molecule has 1 atom stereocenters. The van der Waals surface area contributed by atoms with Gasteiger partial charge in [0.15, 0.2) is 5.82 Å². The van der Waals surface area contributed by atoms with Crippen LogP contribution in [0.3, 0.4) is 0 Å². The Labute approximate surface area is 280 Å². The Hall–Kier alpha value is -3.65. The topological polar surface area (TPSA) is 145 Å². The number of nitrogens with one attached hydrogen (secondary N) is 4. The fourth-order valence-corrected chi connectivity index (χ4v) is 7.17. The zero-order chi connectivity index (χ0) is 33.7. The quantitative estimate of drug-likeness (QED) is 0.104. The van der Waals surface area contributed by atoms with E-state index in [1.165, 1.54) is 29.5 Å². The van der Waals surface area contributed by atoms with Crippen LogP contribution in [0.2, 0.25) is 0 Å². The molecule has 0 amide bonds. The average Bonchev–Trinajstić information content (AvgIpc) is 3.63. The molecule has 8 N–H and O–H groups in total. The molecule has 1 aliphatic heterocycles. The number of benzene rings is 3. The number of nitrogens with zero attached hydrogens (tertiary/aromatic N) is 2. The molecule has 0 aromatic heterocycles. The Bertz CT molecular complexity index is 1480. The zero-order valence-corrected chi connectivity index (χ0v) is 28.6. The van der Waals surface area contributed by atoms with Crippen LogP contribution in [0.15, 0.2) is 84.0 Å². The van der Waals surface area contributed by atoms with Gasteiger partial charge in [-0.05, 0) is 92.8 Å². The minimum absolute atomic E-state index is 0.0266. The molecule has 1 fully saturated rings. The molecule has 47 heavy (non-hydrogen) atoms. The number of phenolic OH excluding ortho intramolecular Hbond substituents is 1. The lowest BCUT2D eigenvalue weighted by Crippen LogP contribution is -2.46. The van der Waals surface area contributed by atoms with Gasteiger partial charge in [-0.3, -0.25) is 14.5 Å². The van der Waals surface area contributed by atoms with Gasteiger partial charge in [0.05, 0.1) is 11.1 Å². The molecule has 0 radical (unpaired) electrons. The number of aliphatic hydroxyl groups excluding tert-OH is 1. The number of phenols is 1. The first-order valence-electron chi connectivity index (χ1n) is 16.1. The first kappa shape index (κ1) is 34.7. The monoisotopic (exact) mass is 666 g/mol. The Morgan fingerprint density at radius 3 is 2.28 bits per heavy atom. The van der Waals surface area contributed by atoms with Crippen molar-refractivity contribution in [2.75, 3.05) is 44.1 Å². The van der Waals surface area contributed by atoms with E-state index in [2.05, 4.69) is 63.9 Å². The molecule has 0 bridgehead atoms. The maximum atomic E-state index is 10.5. The van der Waals surface area contributed by atoms with Crippen LogP contribution in [0.5, 0.6) is 11.5 Å². The van der Waals surface area contributed by atoms with Gasteiger partial charge in [0.2, 0.25) is 0 Å². The summed E-state index contributed by atoms with van der Waals surface area (Å²) < 4.78 is 26.6. The van der Waals surface area contributed by atoms with E-state index in [0.717, 1.165) is 30.5 Å². The summed E-state index contributed by atoms with van der Waals surface area (Å²) in [6.45, 7) is 5.35. The average molecular weight is 667 g/mol. The Morgan fingerprint density at radius 1 is 0.979 bits per heavy atom. The summed E-state index contributed by atoms with van der Waals surface area (Å²) in [5.74, 6) is 1.33. The van der Waals surface area contributed by atoms with Crippen LogP contribution < -0.4 is 30.5 Å². The number of ether oxygens (including phenoxy) is 1. The molecule has 3 aromatic rings. The van der Waals surface area contributed by atoms with Crippen molar-refractivity contribution >= 4 is 22.2 Å². The van der Waals surface area contributed by atoms with Crippen LogP contribution >= 0.6 is 10.8 Å². The van der Waals surface area contributed by atoms with Crippen molar-refractivity contribution in [3.05, 3.63) is 95.2 Å². The standard InChI is InChI=1S/C35H50N6O5S/c1-34(2,37-22-31(43)23-46-32-17-15-30(42)16-18-32)21-26-7-11-28(12-8-26)38-41-33(24-47(44,45)39-41)36-25-35(19-5-6-20-35)27-9-13-29(14-10-27)40(3)4/h7-18,24,31,36-39,42-45H,5-6,19-23,25H2,1-4H3. The minimum atomic E-state index is -3.14. The molecule has 12 heteroatoms. The summed E-state index contributed by atoms with van der Waals surface area (Å²) in [5, 5.41) is 29.8. The van der Waals surface area contributed by atoms with Crippen molar-refractivity contribution in [1.29, 1.82) is 0 Å². The number of hydrogen-bond donors (Lipinski definition) is 8. The number of rotatable bonds is 15. The van der Waals surface area contributed by atoms with Crippen LogP contribution in [0.25, 0.3) is 0 Å². The molecule has 1 saturated carbocycles. The molecule has 0 saturated heterocycles. The third-order valence-electron chi connectivity index (χ3n) is 8.84. The van der Waals surface area contributed by atoms with Crippen LogP contribution in [0, 0.1) is 0 Å². The van der Waals surface area contributed by atoms with E-state index in [4.69, 9.17) is 4.74 Å². The number of aromatic hydroxyl groups is 1. The fraction of sp³-hybridized carbons (Fsp3) is 0.429. The van der Waals surface area contributed by atoms with Crippen molar-refractivity contribution < 1.29 is 24.1 Å². The lowest BCUT2D eigenvalue weighted by Gasteiger charge is -2.33. The Morgan fingerprint density at radius 2 is 1.64 bits per heavy atom. The highest BCUT2D eigenvalue weighted by Crippen LogP contribution is 2.44. The maximum absolute atomic E-state index is 10.5. The SMILES string of the molecule is CN(C)c1ccc(C2(CNC3=CS(O)(O)NN3Nc3ccc(CC(C)(C)NCC(O)COc4ccc(O)cc4)cc3)CCCC2)cc1. The van der Waals surface area contributed by atoms with Crippen molar-refractivity contribution in [3.63, 3.8) is 0 Å². The molecule has 11 nitrogen and oxygen atoms in total. The highest BCUT2D eigenvalue weighted by molar-refractivity contribution is 8.25. The predicted octanol–water partition coefficient (Wildman–Crippen LogP) is 5.52. The summed E-state index contributed by atoms with van der Waals surface area (Å²) in [6, 6.07) is 23.2. The molecule has 3 aromatic carbocycles. The van der Waals surface area contributed by atoms with E-state index in [9.17, 15) is 19.3 Å². The predicted molar refractivity (Wildman–Crippen MR) is 190 cm³/mol. The van der Waals surface area contributed by atoms with Crippen molar-refractivity contribution in [2.24, 2.45) is 0 Å². The molecule has 0 spiro atoms. The smallest absolute Gasteiger partial charge is 0.157 e. The van der Waals surface area contributed by atoms with E-state index in [1.807, 2.05) is 38.4 Å². The Balaban J connectivity index is 1.14. The van der Waals surface area contributed by atoms with E-state index >= 15 is 0 Å². The third kappa shape index (κ3) is 9.47. The summed E-state index contributed by atoms with van der Waals surface area (Å²) in [4.78, 5) is 4.88. The normalized spacial score (nSPS) is 18.4. The van der Waals surface area contributed by atoms with Crippen molar-refractivity contribution in [3.8, 4) is 11.5 Å². The van der Waals surface area contributed by atoms with Gasteiger partial charge in [-0.1, -0.05) is 47.9 Å². The lowest BCUT2D eigenvalue weighted by molar-refractivity contribution is 0.0988. The number of hydrazine groups is 2. The van der Waals surface area contributed by atoms with Gasteiger partial charge in [-0.15, -0.1) is 4.83 Å². The second kappa shape index (κ2) is 14.6. The van der Waals surface area contributed by atoms with Gasteiger partial charge in [-0.2, -0.15) is 5.12 Å². The van der Waals surface area contributed by atoms with Gasteiger partial charge >= 0.3 is 0 Å². The summed E-state index contributed by atoms with van der Waals surface area (Å²) in [5.41, 5.74) is 7.32. The number of hydrogen-bond acceptors (Lipinski definition) is 11. The molecule has 2 aliphatic rings. The van der Waals surface area contributed by atoms with Gasteiger partial charge in [0.25, 0.3) is 0 Å². The van der Waals surface area contributed by atoms with Gasteiger partial charge in [0.1, 0.15) is 24.2 Å². The summed E-state index contributed by atoms with van der Waals surface area (Å²) >= 11 is 0. The number of β-amino-alcohol motifs (C(OH)–C–C–N with tert-alkyl or cyclic N) is 1. The molecule has 1 heterocycles. The molecular formula is C35H50N6O5S. The molecular weight excluding hydrogens is 616 g/mol. The highest BCUT2D eigenvalue weighted by atomic mass is 32.3. The van der Waals surface area contributed by atoms with Crippen molar-refractivity contribution in [1.82, 2.24) is 20.6 Å². The van der Waals surface area contributed by atoms with Gasteiger partial charge < -0.3 is 30.5 Å². The van der Waals surface area contributed by atoms with Gasteiger partial charge in [0, 0.05) is 43.8 Å². The third-order valence-corrected chi connectivity index (χ3v) is 9.85. The Kier molecular flexibility index (Phi) is 10.8. The second-order valence-electron chi connectivity index (χ2n) is 13.5. The first-order chi connectivity index (χ1) is 22.3. The van der Waals surface area contributed by atoms with E-state index in [1.54, 1.807) is 29.4 Å². The summed E-state index contributed by atoms with van der Waals surface area (Å²) in [7, 11) is 0.943. The van der Waals surface area contributed by atoms with E-state index in [0.29, 0.717) is 24.7 Å². The van der Waals surface area contributed by atoms with Crippen molar-refractivity contribution in [2.45, 2.75) is 63.0 Å². The molecule has 5 rings (SSSR count). The number of anilines is 2. The van der Waals surface area contributed by atoms with Crippen LogP contribution in [0.1, 0.15) is 50.7 Å². The summed E-state index contributed by atoms with van der Waals surface area (Å²) in [6.07, 6.45) is 4.51. The van der Waals surface area contributed by atoms with Crippen LogP contribution in [0.4, 0.5) is 11.4 Å². The number of aliphatic hydroxyl groups is 1. The van der Waals surface area contributed by atoms with E-state index in [-0.39, 0.29) is 23.3 Å². The maximum Gasteiger partial charge on any atom is 0.157 e.